The van der Waals surface area contributed by atoms with E-state index in [1.807, 2.05) is 0 Å². The molecule has 1 aliphatic rings. The summed E-state index contributed by atoms with van der Waals surface area (Å²) in [7, 11) is 0. The van der Waals surface area contributed by atoms with E-state index in [1.165, 1.54) is 0 Å². The van der Waals surface area contributed by atoms with Crippen LogP contribution in [0, 0.1) is 0 Å². The van der Waals surface area contributed by atoms with Crippen LogP contribution in [0.2, 0.25) is 0 Å². The Morgan fingerprint density at radius 2 is 2.00 bits per heavy atom. The van der Waals surface area contributed by atoms with E-state index in [4.69, 9.17) is 14.9 Å². The van der Waals surface area contributed by atoms with Crippen molar-refractivity contribution in [2.75, 3.05) is 6.61 Å². The van der Waals surface area contributed by atoms with Gasteiger partial charge in [-0.2, -0.15) is 0 Å². The van der Waals surface area contributed by atoms with Gasteiger partial charge in [0.2, 0.25) is 5.91 Å². The van der Waals surface area contributed by atoms with Crippen LogP contribution in [0.5, 0.6) is 0 Å². The van der Waals surface area contributed by atoms with Gasteiger partial charge >= 0.3 is 5.97 Å². The first-order valence-corrected chi connectivity index (χ1v) is 6.18. The van der Waals surface area contributed by atoms with Crippen LogP contribution in [-0.4, -0.2) is 85.4 Å². The maximum Gasteiger partial charge on any atom is 0.364 e. The van der Waals surface area contributed by atoms with E-state index in [-0.39, 0.29) is 0 Å². The lowest BCUT2D eigenvalue weighted by molar-refractivity contribution is -0.295. The van der Waals surface area contributed by atoms with Crippen molar-refractivity contribution >= 4 is 11.9 Å². The molecule has 7 N–H and O–H groups in total. The Morgan fingerprint density at radius 1 is 1.43 bits per heavy atom. The zero-order valence-corrected chi connectivity index (χ0v) is 11.2. The quantitative estimate of drug-likeness (QED) is 0.268. The van der Waals surface area contributed by atoms with Gasteiger partial charge in [-0.05, 0) is 0 Å². The van der Waals surface area contributed by atoms with Crippen molar-refractivity contribution in [3.63, 3.8) is 0 Å². The molecule has 0 spiro atoms. The minimum absolute atomic E-state index is 0.598. The molecule has 0 aromatic heterocycles. The first-order chi connectivity index (χ1) is 9.62. The van der Waals surface area contributed by atoms with Crippen LogP contribution >= 0.6 is 0 Å². The van der Waals surface area contributed by atoms with Gasteiger partial charge in [0.25, 0.3) is 5.79 Å². The zero-order valence-electron chi connectivity index (χ0n) is 11.2. The molecule has 0 bridgehead atoms. The minimum atomic E-state index is -2.78. The van der Waals surface area contributed by atoms with Gasteiger partial charge in [-0.1, -0.05) is 0 Å². The van der Waals surface area contributed by atoms with Crippen LogP contribution in [0.15, 0.2) is 0 Å². The molecule has 0 saturated carbocycles. The fourth-order valence-corrected chi connectivity index (χ4v) is 2.14. The molecule has 0 aromatic carbocycles. The standard InChI is InChI=1S/C11H19NO9/c1-4(14)12-7-5(15)2-11(20,10(18)19)21-9(7)8(17)6(16)3-13/h5-9,13,15-17,20H,2-3H2,1H3,(H,12,14)(H,18,19)/t5-,6?,7?,8?,9+,11?/m1/s1. The molecule has 4 unspecified atom stereocenters. The van der Waals surface area contributed by atoms with E-state index < -0.39 is 61.1 Å². The number of aliphatic carboxylic acids is 1. The SMILES string of the molecule is CC(=O)NC1[C@@H](C(O)C(O)CO)OC(O)(C(=O)O)C[C@H]1O. The van der Waals surface area contributed by atoms with Crippen LogP contribution < -0.4 is 5.32 Å². The fraction of sp³-hybridized carbons (Fsp3) is 0.818. The average Bonchev–Trinajstić information content (AvgIpc) is 2.39. The predicted octanol–water partition coefficient (Wildman–Crippen LogP) is -3.87. The number of aliphatic hydroxyl groups is 5. The fourth-order valence-electron chi connectivity index (χ4n) is 2.14. The number of hydrogen-bond acceptors (Lipinski definition) is 8. The topological polar surface area (TPSA) is 177 Å². The molecule has 0 aliphatic carbocycles. The van der Waals surface area contributed by atoms with E-state index in [0.717, 1.165) is 6.92 Å². The zero-order chi connectivity index (χ0) is 16.4. The van der Waals surface area contributed by atoms with Crippen molar-refractivity contribution < 1.29 is 45.0 Å². The van der Waals surface area contributed by atoms with E-state index in [0.29, 0.717) is 0 Å². The van der Waals surface area contributed by atoms with Gasteiger partial charge in [0, 0.05) is 13.3 Å². The Hall–Kier alpha value is -1.30. The summed E-state index contributed by atoms with van der Waals surface area (Å²) in [6.45, 7) is 0.256. The summed E-state index contributed by atoms with van der Waals surface area (Å²) < 4.78 is 4.86. The maximum atomic E-state index is 11.1. The highest BCUT2D eigenvalue weighted by Gasteiger charge is 2.53. The van der Waals surface area contributed by atoms with Crippen molar-refractivity contribution in [3.05, 3.63) is 0 Å². The molecule has 10 nitrogen and oxygen atoms in total. The maximum absolute atomic E-state index is 11.1. The summed E-state index contributed by atoms with van der Waals surface area (Å²) in [5.74, 6) is -5.17. The third-order valence-corrected chi connectivity index (χ3v) is 3.21. The lowest BCUT2D eigenvalue weighted by atomic mass is 9.88. The van der Waals surface area contributed by atoms with Gasteiger partial charge < -0.3 is 40.7 Å². The number of amides is 1. The van der Waals surface area contributed by atoms with Gasteiger partial charge in [-0.25, -0.2) is 4.79 Å². The molecule has 1 rings (SSSR count). The second-order valence-corrected chi connectivity index (χ2v) is 4.91. The largest absolute Gasteiger partial charge is 0.477 e. The number of hydrogen-bond donors (Lipinski definition) is 7. The second-order valence-electron chi connectivity index (χ2n) is 4.91. The third-order valence-electron chi connectivity index (χ3n) is 3.21. The molecule has 6 atom stereocenters. The monoisotopic (exact) mass is 309 g/mol. The molecule has 1 heterocycles. The van der Waals surface area contributed by atoms with Gasteiger partial charge in [0.15, 0.2) is 0 Å². The van der Waals surface area contributed by atoms with Gasteiger partial charge in [-0.3, -0.25) is 4.79 Å². The van der Waals surface area contributed by atoms with Crippen LogP contribution in [0.4, 0.5) is 0 Å². The molecule has 1 fully saturated rings. The number of aliphatic hydroxyl groups excluding tert-OH is 4. The van der Waals surface area contributed by atoms with Crippen molar-refractivity contribution in [2.45, 2.75) is 49.6 Å². The molecule has 0 radical (unpaired) electrons. The second kappa shape index (κ2) is 6.64. The third kappa shape index (κ3) is 3.87. The highest BCUT2D eigenvalue weighted by Crippen LogP contribution is 2.30. The first-order valence-electron chi connectivity index (χ1n) is 6.18. The van der Waals surface area contributed by atoms with Crippen LogP contribution in [0.25, 0.3) is 0 Å². The summed E-state index contributed by atoms with van der Waals surface area (Å²) >= 11 is 0. The summed E-state index contributed by atoms with van der Waals surface area (Å²) in [5, 5.41) is 59.0. The van der Waals surface area contributed by atoms with E-state index in [2.05, 4.69) is 5.32 Å². The number of carboxylic acid groups (broad SMARTS) is 1. The Balaban J connectivity index is 3.07. The molecular weight excluding hydrogens is 290 g/mol. The number of carboxylic acids is 1. The summed E-state index contributed by atoms with van der Waals surface area (Å²) in [6.07, 6.45) is -7.48. The van der Waals surface area contributed by atoms with Crippen LogP contribution in [-0.2, 0) is 14.3 Å². The van der Waals surface area contributed by atoms with Crippen molar-refractivity contribution in [3.8, 4) is 0 Å². The molecule has 1 saturated heterocycles. The van der Waals surface area contributed by atoms with Gasteiger partial charge in [-0.15, -0.1) is 0 Å². The summed E-state index contributed by atoms with van der Waals surface area (Å²) in [6, 6.07) is -1.27. The number of rotatable bonds is 5. The molecular formula is C11H19NO9. The van der Waals surface area contributed by atoms with Crippen LogP contribution in [0.3, 0.4) is 0 Å². The smallest absolute Gasteiger partial charge is 0.364 e. The average molecular weight is 309 g/mol. The lowest BCUT2D eigenvalue weighted by Crippen LogP contribution is -2.67. The molecule has 1 amide bonds. The number of ether oxygens (including phenoxy) is 1. The molecule has 21 heavy (non-hydrogen) atoms. The van der Waals surface area contributed by atoms with E-state index in [1.54, 1.807) is 0 Å². The van der Waals surface area contributed by atoms with Crippen LogP contribution in [0.1, 0.15) is 13.3 Å². The van der Waals surface area contributed by atoms with Gasteiger partial charge in [0.1, 0.15) is 18.3 Å². The summed E-state index contributed by atoms with van der Waals surface area (Å²) in [5.41, 5.74) is 0. The number of carbonyl (C=O) groups excluding carboxylic acids is 1. The van der Waals surface area contributed by atoms with Crippen molar-refractivity contribution in [2.24, 2.45) is 0 Å². The Morgan fingerprint density at radius 3 is 2.43 bits per heavy atom. The van der Waals surface area contributed by atoms with Gasteiger partial charge in [0.05, 0.1) is 18.8 Å². The highest BCUT2D eigenvalue weighted by atomic mass is 16.7. The molecule has 0 aromatic rings. The number of carbonyl (C=O) groups is 2. The minimum Gasteiger partial charge on any atom is -0.477 e. The molecule has 1 aliphatic heterocycles. The Bertz CT molecular complexity index is 403. The predicted molar refractivity (Wildman–Crippen MR) is 64.8 cm³/mol. The molecule has 122 valence electrons. The number of nitrogens with one attached hydrogen (secondary N) is 1. The molecule has 10 heteroatoms. The Kier molecular flexibility index (Phi) is 5.61. The summed E-state index contributed by atoms with van der Waals surface area (Å²) in [4.78, 5) is 22.1. The highest BCUT2D eigenvalue weighted by molar-refractivity contribution is 5.76. The van der Waals surface area contributed by atoms with E-state index in [9.17, 15) is 30.0 Å². The van der Waals surface area contributed by atoms with Crippen molar-refractivity contribution in [1.82, 2.24) is 5.32 Å². The first kappa shape index (κ1) is 17.8. The Labute approximate surface area is 119 Å². The van der Waals surface area contributed by atoms with Crippen molar-refractivity contribution in [1.29, 1.82) is 0 Å². The lowest BCUT2D eigenvalue weighted by Gasteiger charge is -2.44. The normalized spacial score (nSPS) is 35.8. The van der Waals surface area contributed by atoms with E-state index >= 15 is 0 Å².